The highest BCUT2D eigenvalue weighted by atomic mass is 32.1. The lowest BCUT2D eigenvalue weighted by Gasteiger charge is -2.35. The van der Waals surface area contributed by atoms with E-state index in [4.69, 9.17) is 0 Å². The molecule has 0 N–H and O–H groups in total. The molecule has 2 aromatic heterocycles. The molecule has 1 saturated heterocycles. The third-order valence-corrected chi connectivity index (χ3v) is 6.53. The van der Waals surface area contributed by atoms with Crippen molar-refractivity contribution in [2.24, 2.45) is 0 Å². The number of aromatic nitrogens is 1. The molecule has 25 heavy (non-hydrogen) atoms. The van der Waals surface area contributed by atoms with Gasteiger partial charge in [0.05, 0.1) is 11.3 Å². The van der Waals surface area contributed by atoms with Gasteiger partial charge in [-0.3, -0.25) is 14.7 Å². The molecule has 5 heteroatoms. The number of hydrogen-bond donors (Lipinski definition) is 0. The van der Waals surface area contributed by atoms with Gasteiger partial charge < -0.3 is 4.90 Å². The first-order chi connectivity index (χ1) is 12.2. The van der Waals surface area contributed by atoms with Crippen molar-refractivity contribution < 1.29 is 4.79 Å². The number of piperazine rings is 1. The van der Waals surface area contributed by atoms with Crippen LogP contribution in [-0.2, 0) is 19.4 Å². The summed E-state index contributed by atoms with van der Waals surface area (Å²) in [6.45, 7) is 6.47. The lowest BCUT2D eigenvalue weighted by atomic mass is 9.95. The number of pyridine rings is 1. The SMILES string of the molecule is Cc1cccnc1CN1CCN(C(=O)c2csc3c2CCCC3)CC1. The number of hydrogen-bond acceptors (Lipinski definition) is 4. The van der Waals surface area contributed by atoms with Gasteiger partial charge in [-0.25, -0.2) is 0 Å². The fourth-order valence-corrected chi connectivity index (χ4v) is 4.97. The molecule has 4 nitrogen and oxygen atoms in total. The summed E-state index contributed by atoms with van der Waals surface area (Å²) in [4.78, 5) is 23.3. The zero-order valence-corrected chi connectivity index (χ0v) is 15.6. The van der Waals surface area contributed by atoms with Gasteiger partial charge in [0.15, 0.2) is 0 Å². The number of rotatable bonds is 3. The van der Waals surface area contributed by atoms with E-state index in [1.165, 1.54) is 28.8 Å². The Labute approximate surface area is 153 Å². The lowest BCUT2D eigenvalue weighted by molar-refractivity contribution is 0.0626. The molecule has 0 unspecified atom stereocenters. The normalized spacial score (nSPS) is 18.2. The topological polar surface area (TPSA) is 36.4 Å². The van der Waals surface area contributed by atoms with Crippen LogP contribution in [0.1, 0.15) is 44.9 Å². The number of nitrogens with zero attached hydrogens (tertiary/aromatic N) is 3. The number of fused-ring (bicyclic) bond motifs is 1. The van der Waals surface area contributed by atoms with E-state index >= 15 is 0 Å². The minimum atomic E-state index is 0.244. The number of amides is 1. The Balaban J connectivity index is 1.38. The lowest BCUT2D eigenvalue weighted by Crippen LogP contribution is -2.48. The summed E-state index contributed by atoms with van der Waals surface area (Å²) in [5.41, 5.74) is 4.71. The summed E-state index contributed by atoms with van der Waals surface area (Å²) in [5, 5.41) is 2.10. The molecule has 0 aromatic carbocycles. The van der Waals surface area contributed by atoms with Crippen LogP contribution in [0.25, 0.3) is 0 Å². The van der Waals surface area contributed by atoms with Gasteiger partial charge >= 0.3 is 0 Å². The van der Waals surface area contributed by atoms with E-state index in [1.807, 2.05) is 17.2 Å². The first-order valence-corrected chi connectivity index (χ1v) is 10.1. The van der Waals surface area contributed by atoms with E-state index in [0.29, 0.717) is 0 Å². The predicted molar refractivity (Wildman–Crippen MR) is 101 cm³/mol. The molecule has 2 aromatic rings. The van der Waals surface area contributed by atoms with Crippen molar-refractivity contribution in [2.45, 2.75) is 39.2 Å². The molecule has 1 amide bonds. The second-order valence-electron chi connectivity index (χ2n) is 7.09. The van der Waals surface area contributed by atoms with Crippen molar-refractivity contribution in [3.63, 3.8) is 0 Å². The number of carbonyl (C=O) groups is 1. The van der Waals surface area contributed by atoms with Gasteiger partial charge in [0.25, 0.3) is 5.91 Å². The highest BCUT2D eigenvalue weighted by Crippen LogP contribution is 2.31. The van der Waals surface area contributed by atoms with E-state index < -0.39 is 0 Å². The average molecular weight is 356 g/mol. The van der Waals surface area contributed by atoms with Crippen LogP contribution in [0.5, 0.6) is 0 Å². The molecule has 0 saturated carbocycles. The maximum atomic E-state index is 13.0. The maximum absolute atomic E-state index is 13.0. The second-order valence-corrected chi connectivity index (χ2v) is 8.06. The van der Waals surface area contributed by atoms with Crippen molar-refractivity contribution in [2.75, 3.05) is 26.2 Å². The highest BCUT2D eigenvalue weighted by molar-refractivity contribution is 7.10. The van der Waals surface area contributed by atoms with Gasteiger partial charge in [0, 0.05) is 49.2 Å². The Morgan fingerprint density at radius 3 is 2.80 bits per heavy atom. The van der Waals surface area contributed by atoms with E-state index in [-0.39, 0.29) is 5.91 Å². The first kappa shape index (κ1) is 16.7. The molecular formula is C20H25N3OS. The van der Waals surface area contributed by atoms with Gasteiger partial charge in [-0.05, 0) is 49.8 Å². The molecular weight excluding hydrogens is 330 g/mol. The molecule has 2 aliphatic rings. The van der Waals surface area contributed by atoms with Crippen LogP contribution in [0.2, 0.25) is 0 Å². The highest BCUT2D eigenvalue weighted by Gasteiger charge is 2.26. The number of aryl methyl sites for hydroxylation is 2. The van der Waals surface area contributed by atoms with Crippen molar-refractivity contribution in [3.8, 4) is 0 Å². The fraction of sp³-hybridized carbons (Fsp3) is 0.500. The third kappa shape index (κ3) is 3.48. The monoisotopic (exact) mass is 355 g/mol. The summed E-state index contributed by atoms with van der Waals surface area (Å²) in [5.74, 6) is 0.244. The molecule has 4 rings (SSSR count). The summed E-state index contributed by atoms with van der Waals surface area (Å²) in [7, 11) is 0. The average Bonchev–Trinajstić information content (AvgIpc) is 3.08. The Bertz CT molecular complexity index is 762. The van der Waals surface area contributed by atoms with Crippen LogP contribution in [-0.4, -0.2) is 46.9 Å². The Kier molecular flexibility index (Phi) is 4.86. The minimum absolute atomic E-state index is 0.244. The molecule has 0 spiro atoms. The fourth-order valence-electron chi connectivity index (χ4n) is 3.85. The largest absolute Gasteiger partial charge is 0.336 e. The molecule has 3 heterocycles. The van der Waals surface area contributed by atoms with Gasteiger partial charge in [0.2, 0.25) is 0 Å². The van der Waals surface area contributed by atoms with Crippen LogP contribution in [0.15, 0.2) is 23.7 Å². The second kappa shape index (κ2) is 7.26. The zero-order chi connectivity index (χ0) is 17.2. The van der Waals surface area contributed by atoms with Gasteiger partial charge in [-0.15, -0.1) is 11.3 Å². The summed E-state index contributed by atoms with van der Waals surface area (Å²) in [6.07, 6.45) is 6.60. The van der Waals surface area contributed by atoms with Crippen molar-refractivity contribution in [1.82, 2.24) is 14.8 Å². The molecule has 1 fully saturated rings. The Morgan fingerprint density at radius 1 is 1.20 bits per heavy atom. The first-order valence-electron chi connectivity index (χ1n) is 9.24. The van der Waals surface area contributed by atoms with E-state index in [2.05, 4.69) is 28.3 Å². The van der Waals surface area contributed by atoms with Crippen LogP contribution in [0, 0.1) is 6.92 Å². The van der Waals surface area contributed by atoms with Crippen molar-refractivity contribution in [1.29, 1.82) is 0 Å². The third-order valence-electron chi connectivity index (χ3n) is 5.44. The van der Waals surface area contributed by atoms with Crippen LogP contribution < -0.4 is 0 Å². The maximum Gasteiger partial charge on any atom is 0.255 e. The molecule has 132 valence electrons. The number of carbonyl (C=O) groups excluding carboxylic acids is 1. The summed E-state index contributed by atoms with van der Waals surface area (Å²) in [6, 6.07) is 4.10. The molecule has 0 atom stereocenters. The van der Waals surface area contributed by atoms with Crippen LogP contribution in [0.4, 0.5) is 0 Å². The molecule has 1 aliphatic carbocycles. The van der Waals surface area contributed by atoms with Crippen LogP contribution >= 0.6 is 11.3 Å². The standard InChI is InChI=1S/C20H25N3OS/c1-15-5-4-8-21-18(15)13-22-9-11-23(12-10-22)20(24)17-14-25-19-7-3-2-6-16(17)19/h4-5,8,14H,2-3,6-7,9-13H2,1H3. The zero-order valence-electron chi connectivity index (χ0n) is 14.8. The summed E-state index contributed by atoms with van der Waals surface area (Å²) < 4.78 is 0. The molecule has 1 aliphatic heterocycles. The number of thiophene rings is 1. The van der Waals surface area contributed by atoms with Crippen molar-refractivity contribution >= 4 is 17.2 Å². The smallest absolute Gasteiger partial charge is 0.255 e. The summed E-state index contributed by atoms with van der Waals surface area (Å²) >= 11 is 1.78. The minimum Gasteiger partial charge on any atom is -0.336 e. The van der Waals surface area contributed by atoms with E-state index in [1.54, 1.807) is 11.3 Å². The Morgan fingerprint density at radius 2 is 2.00 bits per heavy atom. The van der Waals surface area contributed by atoms with Gasteiger partial charge in [0.1, 0.15) is 0 Å². The van der Waals surface area contributed by atoms with Crippen molar-refractivity contribution in [3.05, 3.63) is 51.0 Å². The Hall–Kier alpha value is -1.72. The van der Waals surface area contributed by atoms with E-state index in [9.17, 15) is 4.79 Å². The molecule has 0 bridgehead atoms. The molecule has 0 radical (unpaired) electrons. The quantitative estimate of drug-likeness (QED) is 0.848. The van der Waals surface area contributed by atoms with Crippen LogP contribution in [0.3, 0.4) is 0 Å². The van der Waals surface area contributed by atoms with Gasteiger partial charge in [-0.2, -0.15) is 0 Å². The predicted octanol–water partition coefficient (Wildman–Crippen LogP) is 3.29. The van der Waals surface area contributed by atoms with E-state index in [0.717, 1.165) is 56.8 Å². The van der Waals surface area contributed by atoms with Gasteiger partial charge in [-0.1, -0.05) is 6.07 Å².